The molecule has 0 saturated heterocycles. The second-order valence-electron chi connectivity index (χ2n) is 2.64. The molecular weight excluding hydrogens is 184 g/mol. The lowest BCUT2D eigenvalue weighted by Gasteiger charge is -2.12. The first-order chi connectivity index (χ1) is 6.24. The molecule has 0 fully saturated rings. The molecule has 0 heterocycles. The summed E-state index contributed by atoms with van der Waals surface area (Å²) in [6.07, 6.45) is 2.73. The fourth-order valence-corrected chi connectivity index (χ4v) is 2.56. The van der Waals surface area contributed by atoms with E-state index in [0.29, 0.717) is 13.2 Å². The normalized spacial score (nSPS) is 12.2. The van der Waals surface area contributed by atoms with Gasteiger partial charge in [-0.2, -0.15) is 0 Å². The Bertz CT molecular complexity index is 162. The van der Waals surface area contributed by atoms with E-state index < -0.39 is 9.28 Å². The summed E-state index contributed by atoms with van der Waals surface area (Å²) in [6.45, 7) is 7.07. The lowest BCUT2D eigenvalue weighted by Crippen LogP contribution is -2.21. The first kappa shape index (κ1) is 12.5. The van der Waals surface area contributed by atoms with Gasteiger partial charge in [-0.15, -0.1) is 0 Å². The molecule has 0 aliphatic carbocycles. The largest absolute Gasteiger partial charge is 0.397 e. The molecule has 13 heavy (non-hydrogen) atoms. The molecule has 0 radical (unpaired) electrons. The van der Waals surface area contributed by atoms with Gasteiger partial charge in [-0.1, -0.05) is 6.08 Å². The third-order valence-corrected chi connectivity index (χ3v) is 3.55. The molecule has 0 spiro atoms. The van der Waals surface area contributed by atoms with Crippen LogP contribution in [-0.2, 0) is 13.6 Å². The molecule has 0 aliphatic rings. The molecule has 0 atom stereocenters. The molecule has 0 aliphatic heterocycles. The quantitative estimate of drug-likeness (QED) is 0.356. The van der Waals surface area contributed by atoms with E-state index in [1.165, 1.54) is 0 Å². The molecular formula is C9H18O3Si. The van der Waals surface area contributed by atoms with Crippen molar-refractivity contribution in [1.82, 2.24) is 0 Å². The first-order valence-electron chi connectivity index (χ1n) is 4.59. The Hall–Kier alpha value is -0.453. The summed E-state index contributed by atoms with van der Waals surface area (Å²) in [5.41, 5.74) is 0.747. The van der Waals surface area contributed by atoms with Crippen LogP contribution in [0, 0.1) is 0 Å². The van der Waals surface area contributed by atoms with Gasteiger partial charge < -0.3 is 8.85 Å². The third kappa shape index (κ3) is 6.69. The maximum atomic E-state index is 10.3. The highest BCUT2D eigenvalue weighted by molar-refractivity contribution is 6.45. The summed E-state index contributed by atoms with van der Waals surface area (Å²) in [5, 5.41) is 0. The molecule has 76 valence electrons. The first-order valence-corrected chi connectivity index (χ1v) is 6.35. The van der Waals surface area contributed by atoms with Crippen molar-refractivity contribution >= 4 is 15.6 Å². The van der Waals surface area contributed by atoms with Gasteiger partial charge in [0.25, 0.3) is 0 Å². The highest BCUT2D eigenvalue weighted by Crippen LogP contribution is 2.01. The molecule has 0 unspecified atom stereocenters. The van der Waals surface area contributed by atoms with Crippen LogP contribution in [0.25, 0.3) is 0 Å². The van der Waals surface area contributed by atoms with Crippen molar-refractivity contribution in [2.75, 3.05) is 13.2 Å². The van der Waals surface area contributed by atoms with Crippen molar-refractivity contribution < 1.29 is 13.6 Å². The summed E-state index contributed by atoms with van der Waals surface area (Å²) in [4.78, 5) is 10.3. The van der Waals surface area contributed by atoms with Crippen molar-refractivity contribution in [2.24, 2.45) is 0 Å². The third-order valence-electron chi connectivity index (χ3n) is 1.52. The van der Waals surface area contributed by atoms with Crippen LogP contribution in [0.5, 0.6) is 0 Å². The monoisotopic (exact) mass is 202 g/mol. The molecule has 3 nitrogen and oxygen atoms in total. The predicted molar refractivity (Wildman–Crippen MR) is 55.0 cm³/mol. The molecule has 0 bridgehead atoms. The summed E-state index contributed by atoms with van der Waals surface area (Å²) in [6, 6.07) is 0.770. The summed E-state index contributed by atoms with van der Waals surface area (Å²) in [7, 11) is -1.54. The molecule has 0 aromatic heterocycles. The van der Waals surface area contributed by atoms with Crippen LogP contribution in [0.1, 0.15) is 20.8 Å². The molecule has 0 aromatic rings. The average Bonchev–Trinajstić information content (AvgIpc) is 2.14. The SMILES string of the molecule is CCO[SiH](CC=C(C)C=O)OCC. The Morgan fingerprint density at radius 1 is 1.31 bits per heavy atom. The Morgan fingerprint density at radius 3 is 2.23 bits per heavy atom. The Kier molecular flexibility index (Phi) is 7.87. The van der Waals surface area contributed by atoms with Gasteiger partial charge in [-0.05, 0) is 26.3 Å². The lowest BCUT2D eigenvalue weighted by atomic mass is 10.3. The van der Waals surface area contributed by atoms with E-state index >= 15 is 0 Å². The smallest absolute Gasteiger partial charge is 0.325 e. The average molecular weight is 202 g/mol. The van der Waals surface area contributed by atoms with Crippen molar-refractivity contribution in [1.29, 1.82) is 0 Å². The van der Waals surface area contributed by atoms with Gasteiger partial charge in [-0.25, -0.2) is 0 Å². The van der Waals surface area contributed by atoms with Crippen LogP contribution in [0.2, 0.25) is 6.04 Å². The van der Waals surface area contributed by atoms with Crippen molar-refractivity contribution in [3.05, 3.63) is 11.6 Å². The van der Waals surface area contributed by atoms with Gasteiger partial charge in [0.1, 0.15) is 6.29 Å². The highest BCUT2D eigenvalue weighted by atomic mass is 28.3. The number of rotatable bonds is 7. The Morgan fingerprint density at radius 2 is 1.85 bits per heavy atom. The van der Waals surface area contributed by atoms with Gasteiger partial charge >= 0.3 is 9.28 Å². The van der Waals surface area contributed by atoms with E-state index in [9.17, 15) is 4.79 Å². The number of carbonyl (C=O) groups is 1. The number of carbonyl (C=O) groups excluding carboxylic acids is 1. The minimum Gasteiger partial charge on any atom is -0.397 e. The van der Waals surface area contributed by atoms with Crippen LogP contribution in [0.3, 0.4) is 0 Å². The summed E-state index contributed by atoms with van der Waals surface area (Å²) in [5.74, 6) is 0. The van der Waals surface area contributed by atoms with E-state index in [2.05, 4.69) is 0 Å². The standard InChI is InChI=1S/C9H18O3Si/c1-4-11-13(12-5-2)7-6-9(3)8-10/h6,8,13H,4-5,7H2,1-3H3. The maximum absolute atomic E-state index is 10.3. The Balaban J connectivity index is 3.86. The van der Waals surface area contributed by atoms with E-state index in [-0.39, 0.29) is 0 Å². The van der Waals surface area contributed by atoms with E-state index in [1.54, 1.807) is 6.92 Å². The number of hydrogen-bond acceptors (Lipinski definition) is 3. The summed E-state index contributed by atoms with van der Waals surface area (Å²) < 4.78 is 10.9. The second-order valence-corrected chi connectivity index (χ2v) is 4.64. The zero-order valence-electron chi connectivity index (χ0n) is 8.58. The minimum absolute atomic E-state index is 0.685. The predicted octanol–water partition coefficient (Wildman–Crippen LogP) is 1.43. The lowest BCUT2D eigenvalue weighted by molar-refractivity contribution is -0.104. The molecule has 0 amide bonds. The van der Waals surface area contributed by atoms with Crippen molar-refractivity contribution in [3.63, 3.8) is 0 Å². The number of aldehydes is 1. The fraction of sp³-hybridized carbons (Fsp3) is 0.667. The zero-order chi connectivity index (χ0) is 10.1. The van der Waals surface area contributed by atoms with Gasteiger partial charge in [-0.3, -0.25) is 4.79 Å². The number of hydrogen-bond donors (Lipinski definition) is 0. The molecule has 0 saturated carbocycles. The highest BCUT2D eigenvalue weighted by Gasteiger charge is 2.09. The van der Waals surface area contributed by atoms with Crippen molar-refractivity contribution in [2.45, 2.75) is 26.8 Å². The molecule has 0 aromatic carbocycles. The summed E-state index contributed by atoms with van der Waals surface area (Å²) >= 11 is 0. The molecule has 0 N–H and O–H groups in total. The molecule has 4 heteroatoms. The second kappa shape index (κ2) is 8.16. The van der Waals surface area contributed by atoms with Crippen LogP contribution in [0.4, 0.5) is 0 Å². The van der Waals surface area contributed by atoms with E-state index in [4.69, 9.17) is 8.85 Å². The topological polar surface area (TPSA) is 35.5 Å². The van der Waals surface area contributed by atoms with Crippen LogP contribution in [-0.4, -0.2) is 28.8 Å². The van der Waals surface area contributed by atoms with Gasteiger partial charge in [0.2, 0.25) is 0 Å². The van der Waals surface area contributed by atoms with Gasteiger partial charge in [0.15, 0.2) is 0 Å². The van der Waals surface area contributed by atoms with E-state index in [1.807, 2.05) is 19.9 Å². The minimum atomic E-state index is -1.54. The van der Waals surface area contributed by atoms with Gasteiger partial charge in [0, 0.05) is 19.3 Å². The van der Waals surface area contributed by atoms with Crippen molar-refractivity contribution in [3.8, 4) is 0 Å². The number of allylic oxidation sites excluding steroid dienone is 2. The van der Waals surface area contributed by atoms with Gasteiger partial charge in [0.05, 0.1) is 0 Å². The van der Waals surface area contributed by atoms with Crippen LogP contribution in [0.15, 0.2) is 11.6 Å². The fourth-order valence-electron chi connectivity index (χ4n) is 0.886. The Labute approximate surface area is 81.6 Å². The maximum Gasteiger partial charge on any atom is 0.325 e. The molecule has 0 rings (SSSR count). The van der Waals surface area contributed by atoms with E-state index in [0.717, 1.165) is 17.9 Å². The van der Waals surface area contributed by atoms with Crippen LogP contribution >= 0.6 is 0 Å². The van der Waals surface area contributed by atoms with Crippen LogP contribution < -0.4 is 0 Å². The zero-order valence-corrected chi connectivity index (χ0v) is 9.73.